The Bertz CT molecular complexity index is 612. The largest absolute Gasteiger partial charge is 0.493 e. The van der Waals surface area contributed by atoms with E-state index in [2.05, 4.69) is 15.6 Å². The Morgan fingerprint density at radius 1 is 1.44 bits per heavy atom. The number of methoxy groups -OCH3 is 1. The zero-order valence-electron chi connectivity index (χ0n) is 14.5. The van der Waals surface area contributed by atoms with Crippen molar-refractivity contribution in [2.24, 2.45) is 4.99 Å². The highest BCUT2D eigenvalue weighted by Gasteiger charge is 2.26. The summed E-state index contributed by atoms with van der Waals surface area (Å²) < 4.78 is 15.8. The number of carbonyl (C=O) groups is 1. The number of carbonyl (C=O) groups excluding carboxylic acids is 1. The summed E-state index contributed by atoms with van der Waals surface area (Å²) in [6.45, 7) is 2.45. The lowest BCUT2D eigenvalue weighted by Gasteiger charge is -2.28. The van der Waals surface area contributed by atoms with Crippen LogP contribution in [0.3, 0.4) is 0 Å². The van der Waals surface area contributed by atoms with Crippen LogP contribution in [0, 0.1) is 0 Å². The number of benzene rings is 1. The van der Waals surface area contributed by atoms with Crippen molar-refractivity contribution in [3.05, 3.63) is 23.8 Å². The van der Waals surface area contributed by atoms with Gasteiger partial charge in [0.1, 0.15) is 5.75 Å². The summed E-state index contributed by atoms with van der Waals surface area (Å²) in [6.07, 6.45) is 3.98. The van der Waals surface area contributed by atoms with Crippen molar-refractivity contribution >= 4 is 18.1 Å². The van der Waals surface area contributed by atoms with Crippen LogP contribution in [0.4, 0.5) is 10.5 Å². The molecule has 25 heavy (non-hydrogen) atoms. The van der Waals surface area contributed by atoms with Crippen LogP contribution in [0.1, 0.15) is 30.7 Å². The van der Waals surface area contributed by atoms with Crippen molar-refractivity contribution in [3.8, 4) is 5.75 Å². The molecule has 2 heterocycles. The van der Waals surface area contributed by atoms with Crippen LogP contribution in [-0.4, -0.2) is 51.9 Å². The summed E-state index contributed by atoms with van der Waals surface area (Å²) in [5, 5.41) is 6.07. The van der Waals surface area contributed by atoms with Crippen molar-refractivity contribution in [2.45, 2.75) is 31.2 Å². The van der Waals surface area contributed by atoms with Gasteiger partial charge in [-0.05, 0) is 42.5 Å². The Balaban J connectivity index is 1.60. The average Bonchev–Trinajstić information content (AvgIpc) is 3.12. The minimum atomic E-state index is -0.449. The summed E-state index contributed by atoms with van der Waals surface area (Å²) in [6, 6.07) is 6.12. The number of ether oxygens (including phenoxy) is 3. The van der Waals surface area contributed by atoms with Gasteiger partial charge in [0.15, 0.2) is 0 Å². The molecule has 1 aromatic carbocycles. The van der Waals surface area contributed by atoms with Crippen LogP contribution in [0.5, 0.6) is 5.75 Å². The van der Waals surface area contributed by atoms with Gasteiger partial charge >= 0.3 is 6.09 Å². The molecule has 0 aliphatic carbocycles. The van der Waals surface area contributed by atoms with Crippen LogP contribution in [0.2, 0.25) is 0 Å². The summed E-state index contributed by atoms with van der Waals surface area (Å²) in [5.41, 5.74) is 1.86. The minimum absolute atomic E-state index is 0.337. The number of anilines is 1. The van der Waals surface area contributed by atoms with E-state index in [0.717, 1.165) is 43.0 Å². The fraction of sp³-hybridized carbons (Fsp3) is 0.556. The monoisotopic (exact) mass is 347 g/mol. The first-order valence-corrected chi connectivity index (χ1v) is 8.70. The van der Waals surface area contributed by atoms with Gasteiger partial charge in [-0.1, -0.05) is 0 Å². The summed E-state index contributed by atoms with van der Waals surface area (Å²) >= 11 is 0. The third-order valence-electron chi connectivity index (χ3n) is 4.44. The number of nitrogens with one attached hydrogen (secondary N) is 2. The van der Waals surface area contributed by atoms with Crippen LogP contribution < -0.4 is 15.4 Å². The Kier molecular flexibility index (Phi) is 6.11. The Labute approximate surface area is 147 Å². The van der Waals surface area contributed by atoms with Gasteiger partial charge in [-0.3, -0.25) is 10.3 Å². The third kappa shape index (κ3) is 4.85. The van der Waals surface area contributed by atoms with E-state index in [4.69, 9.17) is 14.2 Å². The van der Waals surface area contributed by atoms with Gasteiger partial charge in [0.05, 0.1) is 26.1 Å². The molecule has 2 N–H and O–H groups in total. The van der Waals surface area contributed by atoms with Crippen LogP contribution in [-0.2, 0) is 9.47 Å². The topological polar surface area (TPSA) is 81.2 Å². The summed E-state index contributed by atoms with van der Waals surface area (Å²) in [4.78, 5) is 16.1. The first kappa shape index (κ1) is 17.5. The van der Waals surface area contributed by atoms with Gasteiger partial charge in [-0.15, -0.1) is 0 Å². The number of rotatable bonds is 7. The SMILES string of the molecule is COCCCOC(=O)Nc1ccc2c(c1)C(CC1CN=CN1)CCO2. The van der Waals surface area contributed by atoms with Crippen LogP contribution >= 0.6 is 0 Å². The predicted molar refractivity (Wildman–Crippen MR) is 95.7 cm³/mol. The fourth-order valence-corrected chi connectivity index (χ4v) is 3.19. The van der Waals surface area contributed by atoms with Crippen molar-refractivity contribution in [1.82, 2.24) is 5.32 Å². The number of hydrogen-bond acceptors (Lipinski definition) is 6. The second kappa shape index (κ2) is 8.71. The molecule has 136 valence electrons. The summed E-state index contributed by atoms with van der Waals surface area (Å²) in [5.74, 6) is 1.29. The van der Waals surface area contributed by atoms with E-state index in [1.807, 2.05) is 18.2 Å². The molecule has 2 unspecified atom stereocenters. The highest BCUT2D eigenvalue weighted by Crippen LogP contribution is 2.38. The van der Waals surface area contributed by atoms with E-state index in [1.165, 1.54) is 0 Å². The maximum atomic E-state index is 11.9. The van der Waals surface area contributed by atoms with Crippen molar-refractivity contribution in [2.75, 3.05) is 38.8 Å². The minimum Gasteiger partial charge on any atom is -0.493 e. The van der Waals surface area contributed by atoms with Crippen molar-refractivity contribution < 1.29 is 19.0 Å². The number of nitrogens with zero attached hydrogens (tertiary/aromatic N) is 1. The average molecular weight is 347 g/mol. The molecule has 7 nitrogen and oxygen atoms in total. The number of aliphatic imine (C=N–C) groups is 1. The normalized spacial score (nSPS) is 21.2. The standard InChI is InChI=1S/C18H25N3O4/c1-23-6-2-7-25-18(22)21-14-3-4-17-16(10-14)13(5-8-24-17)9-15-11-19-12-20-15/h3-4,10,12-13,15H,2,5-9,11H2,1H3,(H,19,20)(H,21,22). The molecule has 0 spiro atoms. The van der Waals surface area contributed by atoms with E-state index in [0.29, 0.717) is 31.6 Å². The second-order valence-electron chi connectivity index (χ2n) is 6.29. The molecule has 1 amide bonds. The molecule has 0 bridgehead atoms. The van der Waals surface area contributed by atoms with Gasteiger partial charge in [-0.2, -0.15) is 0 Å². The van der Waals surface area contributed by atoms with Gasteiger partial charge in [-0.25, -0.2) is 4.79 Å². The van der Waals surface area contributed by atoms with Crippen LogP contribution in [0.25, 0.3) is 0 Å². The number of fused-ring (bicyclic) bond motifs is 1. The molecule has 0 fully saturated rings. The molecule has 3 rings (SSSR count). The lowest BCUT2D eigenvalue weighted by atomic mass is 9.87. The van der Waals surface area contributed by atoms with E-state index in [-0.39, 0.29) is 0 Å². The Morgan fingerprint density at radius 3 is 3.16 bits per heavy atom. The zero-order valence-corrected chi connectivity index (χ0v) is 14.5. The first-order valence-electron chi connectivity index (χ1n) is 8.70. The fourth-order valence-electron chi connectivity index (χ4n) is 3.19. The lowest BCUT2D eigenvalue weighted by Crippen LogP contribution is -2.28. The van der Waals surface area contributed by atoms with E-state index >= 15 is 0 Å². The predicted octanol–water partition coefficient (Wildman–Crippen LogP) is 2.53. The quantitative estimate of drug-likeness (QED) is 0.741. The van der Waals surface area contributed by atoms with Crippen molar-refractivity contribution in [3.63, 3.8) is 0 Å². The molecule has 0 saturated carbocycles. The van der Waals surface area contributed by atoms with Gasteiger partial charge in [0.2, 0.25) is 0 Å². The van der Waals surface area contributed by atoms with Gasteiger partial charge in [0, 0.05) is 31.9 Å². The molecular formula is C18H25N3O4. The molecule has 0 saturated heterocycles. The van der Waals surface area contributed by atoms with Gasteiger partial charge < -0.3 is 19.5 Å². The van der Waals surface area contributed by atoms with E-state index < -0.39 is 6.09 Å². The molecule has 2 atom stereocenters. The molecule has 7 heteroatoms. The maximum absolute atomic E-state index is 11.9. The Morgan fingerprint density at radius 2 is 2.36 bits per heavy atom. The first-order chi connectivity index (χ1) is 12.3. The number of amides is 1. The maximum Gasteiger partial charge on any atom is 0.411 e. The highest BCUT2D eigenvalue weighted by molar-refractivity contribution is 5.85. The lowest BCUT2D eigenvalue weighted by molar-refractivity contribution is 0.134. The molecule has 0 radical (unpaired) electrons. The smallest absolute Gasteiger partial charge is 0.411 e. The highest BCUT2D eigenvalue weighted by atomic mass is 16.5. The molecule has 2 aliphatic heterocycles. The Hall–Kier alpha value is -2.28. The zero-order chi connectivity index (χ0) is 17.5. The third-order valence-corrected chi connectivity index (χ3v) is 4.44. The van der Waals surface area contributed by atoms with E-state index in [9.17, 15) is 4.79 Å². The number of hydrogen-bond donors (Lipinski definition) is 2. The van der Waals surface area contributed by atoms with Crippen LogP contribution in [0.15, 0.2) is 23.2 Å². The molecule has 2 aliphatic rings. The second-order valence-corrected chi connectivity index (χ2v) is 6.29. The van der Waals surface area contributed by atoms with Gasteiger partial charge in [0.25, 0.3) is 0 Å². The molecular weight excluding hydrogens is 322 g/mol. The summed E-state index contributed by atoms with van der Waals surface area (Å²) in [7, 11) is 1.62. The van der Waals surface area contributed by atoms with E-state index in [1.54, 1.807) is 13.4 Å². The molecule has 0 aromatic heterocycles. The molecule has 1 aromatic rings. The van der Waals surface area contributed by atoms with Crippen molar-refractivity contribution in [1.29, 1.82) is 0 Å².